The van der Waals surface area contributed by atoms with Gasteiger partial charge in [0, 0.05) is 42.0 Å². The Morgan fingerprint density at radius 2 is 1.70 bits per heavy atom. The average Bonchev–Trinajstić information content (AvgIpc) is 3.88. The molecule has 0 radical (unpaired) electrons. The number of aryl methyl sites for hydroxylation is 1. The quantitative estimate of drug-likeness (QED) is 0.140. The molecule has 10 rings (SSSR count). The number of nitrogens with zero attached hydrogens (tertiary/aromatic N) is 1. The van der Waals surface area contributed by atoms with E-state index in [0.29, 0.717) is 18.2 Å². The van der Waals surface area contributed by atoms with Crippen LogP contribution in [0.3, 0.4) is 0 Å². The van der Waals surface area contributed by atoms with E-state index >= 15 is 0 Å². The van der Waals surface area contributed by atoms with Crippen molar-refractivity contribution in [3.63, 3.8) is 0 Å². The summed E-state index contributed by atoms with van der Waals surface area (Å²) in [7, 11) is -2.74. The molecule has 53 heavy (non-hydrogen) atoms. The van der Waals surface area contributed by atoms with Crippen molar-refractivity contribution in [2.45, 2.75) is 114 Å². The Labute approximate surface area is 314 Å². The molecule has 0 aromatic heterocycles. The van der Waals surface area contributed by atoms with Crippen LogP contribution in [0.2, 0.25) is 0 Å². The fraction of sp³-hybridized carbons (Fsp3) is 0.591. The fourth-order valence-corrected chi connectivity index (χ4v) is 13.3. The van der Waals surface area contributed by atoms with E-state index in [2.05, 4.69) is 68.1 Å². The number of benzene rings is 3. The van der Waals surface area contributed by atoms with E-state index in [-0.39, 0.29) is 35.2 Å². The van der Waals surface area contributed by atoms with Gasteiger partial charge in [-0.05, 0) is 111 Å². The molecule has 9 heteroatoms. The first-order valence-corrected chi connectivity index (χ1v) is 21.4. The minimum absolute atomic E-state index is 0.100. The van der Waals surface area contributed by atoms with Crippen LogP contribution in [0.5, 0.6) is 11.5 Å². The van der Waals surface area contributed by atoms with Gasteiger partial charge >= 0.3 is 7.82 Å². The highest BCUT2D eigenvalue weighted by Gasteiger charge is 2.83. The molecule has 5 aliphatic carbocycles. The van der Waals surface area contributed by atoms with Gasteiger partial charge in [0.25, 0.3) is 0 Å². The summed E-state index contributed by atoms with van der Waals surface area (Å²) in [6.07, 6.45) is 7.96. The number of aromatic hydroxyl groups is 1. The molecule has 2 spiro atoms. The number of ether oxygens (including phenoxy) is 2. The normalized spacial score (nSPS) is 33.5. The lowest BCUT2D eigenvalue weighted by molar-refractivity contribution is -0.310. The summed E-state index contributed by atoms with van der Waals surface area (Å²) < 4.78 is 40.4. The van der Waals surface area contributed by atoms with Crippen molar-refractivity contribution in [3.8, 4) is 22.6 Å². The van der Waals surface area contributed by atoms with Crippen molar-refractivity contribution in [1.29, 1.82) is 0 Å². The van der Waals surface area contributed by atoms with Gasteiger partial charge in [-0.25, -0.2) is 4.57 Å². The number of hydrogen-bond acceptors (Lipinski definition) is 7. The van der Waals surface area contributed by atoms with Gasteiger partial charge < -0.3 is 19.5 Å². The lowest BCUT2D eigenvalue weighted by Gasteiger charge is -2.75. The number of methoxy groups -OCH3 is 1. The third kappa shape index (κ3) is 5.29. The van der Waals surface area contributed by atoms with Crippen LogP contribution < -0.4 is 4.74 Å². The van der Waals surface area contributed by atoms with Crippen LogP contribution in [-0.2, 0) is 36.6 Å². The number of phenolic OH excluding ortho intramolecular Hbond substituents is 1. The first-order valence-electron chi connectivity index (χ1n) is 19.9. The minimum atomic E-state index is -4.52. The van der Waals surface area contributed by atoms with Gasteiger partial charge in [0.05, 0.1) is 12.2 Å². The lowest BCUT2D eigenvalue weighted by atomic mass is 9.33. The van der Waals surface area contributed by atoms with E-state index in [9.17, 15) is 14.6 Å². The zero-order valence-corrected chi connectivity index (χ0v) is 32.9. The van der Waals surface area contributed by atoms with E-state index in [1.165, 1.54) is 29.5 Å². The molecule has 4 saturated carbocycles. The van der Waals surface area contributed by atoms with Crippen molar-refractivity contribution < 1.29 is 33.1 Å². The van der Waals surface area contributed by atoms with Crippen molar-refractivity contribution in [1.82, 2.24) is 4.90 Å². The van der Waals surface area contributed by atoms with Crippen LogP contribution in [0.4, 0.5) is 0 Å². The largest absolute Gasteiger partial charge is 0.504 e. The Balaban J connectivity index is 1.00. The van der Waals surface area contributed by atoms with Gasteiger partial charge in [0.15, 0.2) is 11.5 Å². The zero-order chi connectivity index (χ0) is 37.0. The molecule has 4 bridgehead atoms. The third-order valence-corrected chi connectivity index (χ3v) is 16.2. The highest BCUT2D eigenvalue weighted by molar-refractivity contribution is 7.47. The Kier molecular flexibility index (Phi) is 8.41. The van der Waals surface area contributed by atoms with Crippen LogP contribution in [0.1, 0.15) is 89.3 Å². The number of phosphoric acid groups is 1. The second-order valence-electron chi connectivity index (χ2n) is 18.3. The molecule has 2 heterocycles. The maximum Gasteiger partial charge on any atom is 0.472 e. The molecule has 0 amide bonds. The zero-order valence-electron chi connectivity index (χ0n) is 32.0. The predicted octanol–water partition coefficient (Wildman–Crippen LogP) is 8.85. The summed E-state index contributed by atoms with van der Waals surface area (Å²) >= 11 is 0. The van der Waals surface area contributed by atoms with Crippen molar-refractivity contribution in [2.24, 2.45) is 22.7 Å². The van der Waals surface area contributed by atoms with E-state index < -0.39 is 24.4 Å². The molecule has 8 atom stereocenters. The number of hydrogen-bond donors (Lipinski definition) is 2. The van der Waals surface area contributed by atoms with Gasteiger partial charge in [-0.15, -0.1) is 0 Å². The van der Waals surface area contributed by atoms with Crippen LogP contribution in [0.15, 0.2) is 66.7 Å². The summed E-state index contributed by atoms with van der Waals surface area (Å²) in [6.45, 7) is 10.5. The maximum absolute atomic E-state index is 14.1. The lowest BCUT2D eigenvalue weighted by Crippen LogP contribution is -2.83. The molecule has 3 aromatic rings. The SMILES string of the molecule is COC12CCC3(CC1C(C)(OP(=O)(O)OCCCc1ccc(-c4ccccc4)cc1)C(C)(C)C)C1Cc4ccc(O)c5c4C3(CCN1CC1CC1)C2O5. The van der Waals surface area contributed by atoms with Gasteiger partial charge in [-0.1, -0.05) is 81.4 Å². The summed E-state index contributed by atoms with van der Waals surface area (Å²) in [5.74, 6) is 1.31. The molecule has 7 aliphatic rings. The van der Waals surface area contributed by atoms with E-state index in [1.807, 2.05) is 31.2 Å². The molecular formula is C44H56NO7P. The first-order chi connectivity index (χ1) is 25.3. The van der Waals surface area contributed by atoms with Crippen molar-refractivity contribution in [2.75, 3.05) is 26.8 Å². The van der Waals surface area contributed by atoms with E-state index in [0.717, 1.165) is 68.7 Å². The number of likely N-dealkylation sites (tertiary alicyclic amines) is 1. The van der Waals surface area contributed by atoms with Gasteiger partial charge in [0.1, 0.15) is 11.7 Å². The van der Waals surface area contributed by atoms with Gasteiger partial charge in [-0.2, -0.15) is 0 Å². The van der Waals surface area contributed by atoms with Crippen LogP contribution in [-0.4, -0.2) is 65.1 Å². The Morgan fingerprint density at radius 3 is 2.40 bits per heavy atom. The highest BCUT2D eigenvalue weighted by atomic mass is 31.2. The summed E-state index contributed by atoms with van der Waals surface area (Å²) in [4.78, 5) is 14.3. The van der Waals surface area contributed by atoms with Crippen molar-refractivity contribution >= 4 is 7.82 Å². The summed E-state index contributed by atoms with van der Waals surface area (Å²) in [5.41, 5.74) is 3.02. The fourth-order valence-electron chi connectivity index (χ4n) is 12.0. The molecule has 284 valence electrons. The topological polar surface area (TPSA) is 97.7 Å². The maximum atomic E-state index is 14.1. The molecule has 2 aliphatic heterocycles. The molecule has 8 nitrogen and oxygen atoms in total. The number of fused-ring (bicyclic) bond motifs is 2. The number of phosphoric ester groups is 1. The van der Waals surface area contributed by atoms with Crippen LogP contribution >= 0.6 is 7.82 Å². The van der Waals surface area contributed by atoms with Crippen molar-refractivity contribution in [3.05, 3.63) is 83.4 Å². The first kappa shape index (κ1) is 36.0. The van der Waals surface area contributed by atoms with Crippen LogP contribution in [0, 0.1) is 22.7 Å². The molecule has 8 unspecified atom stereocenters. The Morgan fingerprint density at radius 1 is 0.962 bits per heavy atom. The van der Waals surface area contributed by atoms with Crippen LogP contribution in [0.25, 0.3) is 11.1 Å². The van der Waals surface area contributed by atoms with E-state index in [1.54, 1.807) is 7.11 Å². The van der Waals surface area contributed by atoms with E-state index in [4.69, 9.17) is 18.5 Å². The Bertz CT molecular complexity index is 1930. The standard InChI is InChI=1S/C44H56NO7P/c1-40(2,3)41(4,52-53(47,48)50-25-9-10-29-15-17-32(18-16-29)31-11-7-6-8-12-31)35-27-42-21-22-44(35,49-5)39-43(42)23-24-45(28-30-13-14-30)36(42)26-33-19-20-34(46)38(51-39)37(33)43/h6-8,11-12,15-20,30,35-36,39,46H,9-10,13-14,21-28H2,1-5H3,(H,47,48). The number of piperidine rings is 1. The molecule has 5 fully saturated rings. The molecular weight excluding hydrogens is 685 g/mol. The second-order valence-corrected chi connectivity index (χ2v) is 19.7. The third-order valence-electron chi connectivity index (χ3n) is 15.0. The summed E-state index contributed by atoms with van der Waals surface area (Å²) in [5, 5.41) is 11.3. The average molecular weight is 742 g/mol. The summed E-state index contributed by atoms with van der Waals surface area (Å²) in [6, 6.07) is 23.0. The molecule has 1 saturated heterocycles. The van der Waals surface area contributed by atoms with Gasteiger partial charge in [0.2, 0.25) is 0 Å². The minimum Gasteiger partial charge on any atom is -0.504 e. The molecule has 2 N–H and O–H groups in total. The highest BCUT2D eigenvalue weighted by Crippen LogP contribution is 2.79. The predicted molar refractivity (Wildman–Crippen MR) is 205 cm³/mol. The molecule has 3 aromatic carbocycles. The Hall–Kier alpha value is -2.71. The number of rotatable bonds is 12. The van der Waals surface area contributed by atoms with Gasteiger partial charge in [-0.3, -0.25) is 13.9 Å². The monoisotopic (exact) mass is 741 g/mol. The second kappa shape index (κ2) is 12.4. The number of phenols is 1. The smallest absolute Gasteiger partial charge is 0.472 e.